The molecule has 0 amide bonds. The van der Waals surface area contributed by atoms with E-state index in [9.17, 15) is 17.6 Å². The number of halogens is 4. The van der Waals surface area contributed by atoms with Crippen molar-refractivity contribution in [3.8, 4) is 0 Å². The van der Waals surface area contributed by atoms with E-state index in [0.717, 1.165) is 12.8 Å². The first-order chi connectivity index (χ1) is 7.92. The van der Waals surface area contributed by atoms with Gasteiger partial charge >= 0.3 is 12.3 Å². The molecule has 100 valence electrons. The minimum atomic E-state index is -4.03. The van der Waals surface area contributed by atoms with E-state index in [1.54, 1.807) is 0 Å². The van der Waals surface area contributed by atoms with E-state index in [-0.39, 0.29) is 11.3 Å². The average Bonchev–Trinajstić information content (AvgIpc) is 2.76. The second-order valence-electron chi connectivity index (χ2n) is 3.66. The maximum atomic E-state index is 12.5. The summed E-state index contributed by atoms with van der Waals surface area (Å²) in [5.41, 5.74) is 5.34. The van der Waals surface area contributed by atoms with Crippen LogP contribution in [0, 0.1) is 0 Å². The number of aliphatic imine (C=N–C) groups is 1. The van der Waals surface area contributed by atoms with Crippen molar-refractivity contribution in [2.75, 3.05) is 18.9 Å². The Morgan fingerprint density at radius 3 is 2.76 bits per heavy atom. The SMILES string of the molecule is NC(=NC[C@H]1CCCO1)SCC(F)(F)C(F)F. The summed E-state index contributed by atoms with van der Waals surface area (Å²) in [6.45, 7) is 0.954. The quantitative estimate of drug-likeness (QED) is 0.474. The van der Waals surface area contributed by atoms with Crippen LogP contribution in [0.3, 0.4) is 0 Å². The van der Waals surface area contributed by atoms with Crippen LogP contribution in [-0.2, 0) is 4.74 Å². The number of amidine groups is 1. The maximum Gasteiger partial charge on any atom is 0.316 e. The number of ether oxygens (including phenoxy) is 1. The van der Waals surface area contributed by atoms with Crippen LogP contribution < -0.4 is 5.73 Å². The molecule has 1 heterocycles. The van der Waals surface area contributed by atoms with E-state index >= 15 is 0 Å². The third-order valence-electron chi connectivity index (χ3n) is 2.21. The van der Waals surface area contributed by atoms with Crippen LogP contribution in [0.1, 0.15) is 12.8 Å². The number of alkyl halides is 4. The fourth-order valence-corrected chi connectivity index (χ4v) is 1.89. The molecule has 0 spiro atoms. The van der Waals surface area contributed by atoms with Gasteiger partial charge < -0.3 is 10.5 Å². The summed E-state index contributed by atoms with van der Waals surface area (Å²) in [5.74, 6) is -5.10. The molecule has 0 bridgehead atoms. The highest BCUT2D eigenvalue weighted by Gasteiger charge is 2.40. The topological polar surface area (TPSA) is 47.6 Å². The Bertz CT molecular complexity index is 270. The summed E-state index contributed by atoms with van der Waals surface area (Å²) in [6.07, 6.45) is -1.92. The molecule has 0 radical (unpaired) electrons. The molecule has 1 atom stereocenters. The summed E-state index contributed by atoms with van der Waals surface area (Å²) in [4.78, 5) is 3.82. The zero-order valence-corrected chi connectivity index (χ0v) is 9.86. The Hall–Kier alpha value is -0.500. The predicted molar refractivity (Wildman–Crippen MR) is 58.9 cm³/mol. The first-order valence-electron chi connectivity index (χ1n) is 5.12. The third-order valence-corrected chi connectivity index (χ3v) is 3.16. The highest BCUT2D eigenvalue weighted by Crippen LogP contribution is 2.27. The number of hydrogen-bond donors (Lipinski definition) is 1. The summed E-state index contributed by atoms with van der Waals surface area (Å²) >= 11 is 0.437. The fraction of sp³-hybridized carbons (Fsp3) is 0.889. The molecule has 0 aliphatic carbocycles. The molecule has 1 fully saturated rings. The number of thioether (sulfide) groups is 1. The Kier molecular flexibility index (Phi) is 5.51. The van der Waals surface area contributed by atoms with Crippen molar-refractivity contribution in [1.82, 2.24) is 0 Å². The van der Waals surface area contributed by atoms with Crippen molar-refractivity contribution >= 4 is 16.9 Å². The normalized spacial score (nSPS) is 22.4. The van der Waals surface area contributed by atoms with Gasteiger partial charge in [0.15, 0.2) is 5.17 Å². The lowest BCUT2D eigenvalue weighted by Crippen LogP contribution is -2.30. The first kappa shape index (κ1) is 14.6. The van der Waals surface area contributed by atoms with Crippen molar-refractivity contribution in [2.24, 2.45) is 10.7 Å². The first-order valence-corrected chi connectivity index (χ1v) is 6.10. The molecular weight excluding hydrogens is 260 g/mol. The van der Waals surface area contributed by atoms with Gasteiger partial charge in [-0.05, 0) is 12.8 Å². The second kappa shape index (κ2) is 6.44. The van der Waals surface area contributed by atoms with Gasteiger partial charge in [0.05, 0.1) is 18.4 Å². The highest BCUT2D eigenvalue weighted by molar-refractivity contribution is 8.13. The van der Waals surface area contributed by atoms with Crippen LogP contribution in [0.25, 0.3) is 0 Å². The van der Waals surface area contributed by atoms with Crippen molar-refractivity contribution in [3.05, 3.63) is 0 Å². The lowest BCUT2D eigenvalue weighted by atomic mass is 10.2. The lowest BCUT2D eigenvalue weighted by molar-refractivity contribution is -0.109. The van der Waals surface area contributed by atoms with Crippen molar-refractivity contribution in [1.29, 1.82) is 0 Å². The molecule has 1 saturated heterocycles. The molecule has 3 nitrogen and oxygen atoms in total. The largest absolute Gasteiger partial charge is 0.379 e. The smallest absolute Gasteiger partial charge is 0.316 e. The molecule has 0 aromatic carbocycles. The molecule has 1 rings (SSSR count). The van der Waals surface area contributed by atoms with Gasteiger partial charge in [0.25, 0.3) is 0 Å². The molecule has 0 aromatic rings. The van der Waals surface area contributed by atoms with Crippen LogP contribution in [0.15, 0.2) is 4.99 Å². The van der Waals surface area contributed by atoms with Gasteiger partial charge in [0.1, 0.15) is 0 Å². The van der Waals surface area contributed by atoms with Crippen molar-refractivity contribution in [2.45, 2.75) is 31.3 Å². The average molecular weight is 274 g/mol. The molecular formula is C9H14F4N2OS. The predicted octanol–water partition coefficient (Wildman–Crippen LogP) is 2.11. The number of nitrogens with zero attached hydrogens (tertiary/aromatic N) is 1. The van der Waals surface area contributed by atoms with E-state index in [0.29, 0.717) is 24.9 Å². The third kappa shape index (κ3) is 5.12. The molecule has 0 saturated carbocycles. The van der Waals surface area contributed by atoms with Crippen LogP contribution in [0.5, 0.6) is 0 Å². The van der Waals surface area contributed by atoms with Gasteiger partial charge in [-0.2, -0.15) is 8.78 Å². The zero-order chi connectivity index (χ0) is 12.9. The zero-order valence-electron chi connectivity index (χ0n) is 9.04. The van der Waals surface area contributed by atoms with Crippen molar-refractivity contribution in [3.63, 3.8) is 0 Å². The van der Waals surface area contributed by atoms with Gasteiger partial charge in [-0.25, -0.2) is 8.78 Å². The Morgan fingerprint density at radius 2 is 2.24 bits per heavy atom. The summed E-state index contributed by atoms with van der Waals surface area (Å²) in [7, 11) is 0. The Morgan fingerprint density at radius 1 is 1.53 bits per heavy atom. The van der Waals surface area contributed by atoms with Gasteiger partial charge in [0, 0.05) is 6.61 Å². The number of nitrogens with two attached hydrogens (primary N) is 1. The van der Waals surface area contributed by atoms with Crippen molar-refractivity contribution < 1.29 is 22.3 Å². The van der Waals surface area contributed by atoms with E-state index in [1.807, 2.05) is 0 Å². The molecule has 1 aliphatic rings. The van der Waals surface area contributed by atoms with Crippen LogP contribution in [0.2, 0.25) is 0 Å². The van der Waals surface area contributed by atoms with Gasteiger partial charge in [-0.3, -0.25) is 4.99 Å². The standard InChI is InChI=1S/C9H14F4N2OS/c10-7(11)9(12,13)5-17-8(14)15-4-6-2-1-3-16-6/h6-7H,1-5H2,(H2,14,15)/t6-/m1/s1. The summed E-state index contributed by atoms with van der Waals surface area (Å²) in [6, 6.07) is 0. The Balaban J connectivity index is 2.28. The molecule has 0 unspecified atom stereocenters. The molecule has 0 aromatic heterocycles. The van der Waals surface area contributed by atoms with Gasteiger partial charge in [-0.15, -0.1) is 0 Å². The minimum absolute atomic E-state index is 0.0373. The van der Waals surface area contributed by atoms with Crippen LogP contribution in [0.4, 0.5) is 17.6 Å². The molecule has 1 aliphatic heterocycles. The maximum absolute atomic E-state index is 12.5. The number of rotatable bonds is 5. The van der Waals surface area contributed by atoms with E-state index in [1.165, 1.54) is 0 Å². The van der Waals surface area contributed by atoms with E-state index in [4.69, 9.17) is 10.5 Å². The highest BCUT2D eigenvalue weighted by atomic mass is 32.2. The minimum Gasteiger partial charge on any atom is -0.379 e. The van der Waals surface area contributed by atoms with E-state index in [2.05, 4.69) is 4.99 Å². The van der Waals surface area contributed by atoms with Crippen LogP contribution >= 0.6 is 11.8 Å². The monoisotopic (exact) mass is 274 g/mol. The molecule has 2 N–H and O–H groups in total. The van der Waals surface area contributed by atoms with Gasteiger partial charge in [-0.1, -0.05) is 11.8 Å². The summed E-state index contributed by atoms with van der Waals surface area (Å²) < 4.78 is 54.0. The second-order valence-corrected chi connectivity index (χ2v) is 4.66. The summed E-state index contributed by atoms with van der Waals surface area (Å²) in [5, 5.41) is -0.110. The number of hydrogen-bond acceptors (Lipinski definition) is 3. The van der Waals surface area contributed by atoms with Gasteiger partial charge in [0.2, 0.25) is 0 Å². The molecule has 17 heavy (non-hydrogen) atoms. The van der Waals surface area contributed by atoms with E-state index < -0.39 is 18.1 Å². The lowest BCUT2D eigenvalue weighted by Gasteiger charge is -2.14. The fourth-order valence-electron chi connectivity index (χ4n) is 1.26. The molecule has 8 heteroatoms. The Labute approximate surface area is 101 Å². The van der Waals surface area contributed by atoms with Crippen LogP contribution in [-0.4, -0.2) is 42.5 Å².